The summed E-state index contributed by atoms with van der Waals surface area (Å²) in [4.78, 5) is 0. The average Bonchev–Trinajstić information content (AvgIpc) is 2.95. The van der Waals surface area contributed by atoms with Gasteiger partial charge in [0.25, 0.3) is 0 Å². The summed E-state index contributed by atoms with van der Waals surface area (Å²) in [5.41, 5.74) is 0. The summed E-state index contributed by atoms with van der Waals surface area (Å²) in [6, 6.07) is 0. The summed E-state index contributed by atoms with van der Waals surface area (Å²) < 4.78 is 42.6. The van der Waals surface area contributed by atoms with Crippen LogP contribution in [-0.2, 0) is 27.2 Å². The van der Waals surface area contributed by atoms with Crippen LogP contribution in [0.5, 0.6) is 0 Å². The molecule has 0 aromatic rings. The van der Waals surface area contributed by atoms with E-state index in [2.05, 4.69) is 67.7 Å². The monoisotopic (exact) mass is 512 g/mol. The SMILES string of the molecule is COP(=O)(/C=C1\O[C@@H]([C@H](O)CO)[C@H](O[Si](C)(C)C(C)(C)C)[C@H]1O[Si](C)(C)C(C)(C)C)OC. The Kier molecular flexibility index (Phi) is 9.65. The Morgan fingerprint density at radius 1 is 1.00 bits per heavy atom. The third-order valence-corrected chi connectivity index (χ3v) is 17.5. The van der Waals surface area contributed by atoms with Crippen LogP contribution >= 0.6 is 7.60 Å². The second-order valence-electron chi connectivity index (χ2n) is 11.4. The van der Waals surface area contributed by atoms with Crippen LogP contribution < -0.4 is 0 Å². The van der Waals surface area contributed by atoms with E-state index in [9.17, 15) is 14.8 Å². The minimum atomic E-state index is -3.59. The summed E-state index contributed by atoms with van der Waals surface area (Å²) >= 11 is 0. The van der Waals surface area contributed by atoms with Crippen molar-refractivity contribution in [2.24, 2.45) is 0 Å². The molecule has 32 heavy (non-hydrogen) atoms. The van der Waals surface area contributed by atoms with E-state index in [0.29, 0.717) is 0 Å². The van der Waals surface area contributed by atoms with E-state index < -0.39 is 55.3 Å². The summed E-state index contributed by atoms with van der Waals surface area (Å²) in [6.45, 7) is 20.7. The number of hydrogen-bond acceptors (Lipinski definition) is 8. The minimum Gasteiger partial charge on any atom is -0.486 e. The lowest BCUT2D eigenvalue weighted by atomic mass is 10.1. The van der Waals surface area contributed by atoms with Crippen LogP contribution in [-0.4, -0.2) is 72.1 Å². The lowest BCUT2D eigenvalue weighted by Crippen LogP contribution is -2.54. The molecule has 0 bridgehead atoms. The highest BCUT2D eigenvalue weighted by molar-refractivity contribution is 7.57. The van der Waals surface area contributed by atoms with Crippen LogP contribution in [0.15, 0.2) is 11.6 Å². The molecule has 0 saturated carbocycles. The van der Waals surface area contributed by atoms with Gasteiger partial charge in [-0.1, -0.05) is 41.5 Å². The first kappa shape index (κ1) is 30.0. The van der Waals surface area contributed by atoms with Gasteiger partial charge in [0.05, 0.1) is 12.4 Å². The highest BCUT2D eigenvalue weighted by Gasteiger charge is 2.54. The fraction of sp³-hybridized carbons (Fsp3) is 0.905. The predicted octanol–water partition coefficient (Wildman–Crippen LogP) is 4.85. The maximum absolute atomic E-state index is 12.9. The van der Waals surface area contributed by atoms with E-state index >= 15 is 0 Å². The Hall–Kier alpha value is -0.0362. The van der Waals surface area contributed by atoms with Crippen LogP contribution in [0.3, 0.4) is 0 Å². The molecule has 1 heterocycles. The van der Waals surface area contributed by atoms with E-state index in [1.54, 1.807) is 0 Å². The van der Waals surface area contributed by atoms with E-state index in [-0.39, 0.29) is 15.8 Å². The van der Waals surface area contributed by atoms with Gasteiger partial charge in [-0.05, 0) is 36.3 Å². The van der Waals surface area contributed by atoms with Crippen LogP contribution in [0.1, 0.15) is 41.5 Å². The number of ether oxygens (including phenoxy) is 1. The molecule has 0 spiro atoms. The molecule has 1 aliphatic rings. The summed E-state index contributed by atoms with van der Waals surface area (Å²) in [7, 11) is -5.68. The lowest BCUT2D eigenvalue weighted by molar-refractivity contribution is -0.0575. The molecule has 4 atom stereocenters. The molecule has 190 valence electrons. The van der Waals surface area contributed by atoms with Crippen LogP contribution in [0.2, 0.25) is 36.3 Å². The van der Waals surface area contributed by atoms with Gasteiger partial charge < -0.3 is 32.8 Å². The number of aliphatic hydroxyl groups excluding tert-OH is 2. The summed E-state index contributed by atoms with van der Waals surface area (Å²) in [6.07, 6.45) is -3.52. The predicted molar refractivity (Wildman–Crippen MR) is 132 cm³/mol. The van der Waals surface area contributed by atoms with Gasteiger partial charge >= 0.3 is 7.60 Å². The third kappa shape index (κ3) is 6.76. The second-order valence-corrected chi connectivity index (χ2v) is 23.0. The van der Waals surface area contributed by atoms with Gasteiger partial charge in [-0.2, -0.15) is 0 Å². The van der Waals surface area contributed by atoms with Crippen molar-refractivity contribution in [1.29, 1.82) is 0 Å². The quantitative estimate of drug-likeness (QED) is 0.334. The zero-order valence-electron chi connectivity index (χ0n) is 21.9. The van der Waals surface area contributed by atoms with Crippen molar-refractivity contribution < 1.29 is 37.4 Å². The minimum absolute atomic E-state index is 0.107. The molecule has 1 saturated heterocycles. The number of aliphatic hydroxyl groups is 2. The normalized spacial score (nSPS) is 25.8. The van der Waals surface area contributed by atoms with Crippen LogP contribution in [0.25, 0.3) is 0 Å². The third-order valence-electron chi connectivity index (χ3n) is 7.00. The fourth-order valence-electron chi connectivity index (χ4n) is 2.73. The first-order chi connectivity index (χ1) is 14.2. The molecular formula is C21H45O8PSi2. The van der Waals surface area contributed by atoms with Crippen LogP contribution in [0, 0.1) is 0 Å². The van der Waals surface area contributed by atoms with Crippen molar-refractivity contribution >= 4 is 24.2 Å². The van der Waals surface area contributed by atoms with Crippen molar-refractivity contribution in [2.45, 2.75) is 102 Å². The first-order valence-electron chi connectivity index (χ1n) is 11.0. The van der Waals surface area contributed by atoms with Gasteiger partial charge in [-0.3, -0.25) is 4.57 Å². The molecular weight excluding hydrogens is 467 g/mol. The number of rotatable bonds is 9. The molecule has 0 radical (unpaired) electrons. The summed E-state index contributed by atoms with van der Waals surface area (Å²) in [5.74, 6) is 1.54. The maximum Gasteiger partial charge on any atom is 0.357 e. The van der Waals surface area contributed by atoms with Crippen molar-refractivity contribution in [2.75, 3.05) is 20.8 Å². The van der Waals surface area contributed by atoms with Gasteiger partial charge in [0.1, 0.15) is 24.1 Å². The zero-order chi connectivity index (χ0) is 25.3. The molecule has 1 rings (SSSR count). The van der Waals surface area contributed by atoms with Gasteiger partial charge in [0.15, 0.2) is 22.7 Å². The molecule has 2 N–H and O–H groups in total. The van der Waals surface area contributed by atoms with Crippen molar-refractivity contribution in [3.05, 3.63) is 11.6 Å². The van der Waals surface area contributed by atoms with Gasteiger partial charge in [-0.15, -0.1) is 0 Å². The topological polar surface area (TPSA) is 104 Å². The highest BCUT2D eigenvalue weighted by atomic mass is 31.2. The van der Waals surface area contributed by atoms with E-state index in [1.807, 2.05) is 0 Å². The highest BCUT2D eigenvalue weighted by Crippen LogP contribution is 2.52. The molecule has 0 aliphatic carbocycles. The molecule has 8 nitrogen and oxygen atoms in total. The second kappa shape index (κ2) is 10.3. The molecule has 0 amide bonds. The Balaban J connectivity index is 3.64. The maximum atomic E-state index is 12.9. The molecule has 11 heteroatoms. The molecule has 0 unspecified atom stereocenters. The van der Waals surface area contributed by atoms with E-state index in [4.69, 9.17) is 22.6 Å². The Morgan fingerprint density at radius 3 is 1.81 bits per heavy atom. The Bertz CT molecular complexity index is 704. The standard InChI is InChI=1S/C21H45O8PSi2/c1-20(2,3)31(9,10)28-18-16(14-30(24,25-7)26-8)27-17(15(23)13-22)19(18)29-32(11,12)21(4,5)6/h14-15,17-19,22-23H,13H2,1-12H3/b16-14-/t15-,17+,18+,19+/m1/s1. The number of hydrogen-bond donors (Lipinski definition) is 2. The van der Waals surface area contributed by atoms with Gasteiger partial charge in [0.2, 0.25) is 0 Å². The van der Waals surface area contributed by atoms with Crippen molar-refractivity contribution in [1.82, 2.24) is 0 Å². The van der Waals surface area contributed by atoms with Crippen LogP contribution in [0.4, 0.5) is 0 Å². The fourth-order valence-corrected chi connectivity index (χ4v) is 6.14. The molecule has 1 aliphatic heterocycles. The molecule has 0 aromatic heterocycles. The largest absolute Gasteiger partial charge is 0.486 e. The smallest absolute Gasteiger partial charge is 0.357 e. The molecule has 1 fully saturated rings. The van der Waals surface area contributed by atoms with Crippen molar-refractivity contribution in [3.8, 4) is 0 Å². The van der Waals surface area contributed by atoms with Crippen molar-refractivity contribution in [3.63, 3.8) is 0 Å². The zero-order valence-corrected chi connectivity index (χ0v) is 24.8. The van der Waals surface area contributed by atoms with E-state index in [0.717, 1.165) is 0 Å². The van der Waals surface area contributed by atoms with Gasteiger partial charge in [0, 0.05) is 14.2 Å². The Labute approximate surface area is 196 Å². The Morgan fingerprint density at radius 2 is 1.44 bits per heavy atom. The first-order valence-corrected chi connectivity index (χ1v) is 18.4. The molecule has 0 aromatic carbocycles. The average molecular weight is 513 g/mol. The lowest BCUT2D eigenvalue weighted by Gasteiger charge is -2.43. The summed E-state index contributed by atoms with van der Waals surface area (Å²) in [5, 5.41) is 20.1. The van der Waals surface area contributed by atoms with Gasteiger partial charge in [-0.25, -0.2) is 0 Å². The van der Waals surface area contributed by atoms with E-state index in [1.165, 1.54) is 20.0 Å².